The second-order valence-corrected chi connectivity index (χ2v) is 5.95. The molecule has 3 saturated carbocycles. The van der Waals surface area contributed by atoms with Crippen molar-refractivity contribution in [2.45, 2.75) is 69.6 Å². The van der Waals surface area contributed by atoms with Gasteiger partial charge in [0.05, 0.1) is 6.10 Å². The van der Waals surface area contributed by atoms with Crippen LogP contribution < -0.4 is 5.32 Å². The van der Waals surface area contributed by atoms with E-state index in [9.17, 15) is 5.11 Å². The fourth-order valence-electron chi connectivity index (χ4n) is 3.99. The molecule has 2 bridgehead atoms. The van der Waals surface area contributed by atoms with Crippen molar-refractivity contribution < 1.29 is 5.11 Å². The Balaban J connectivity index is 1.49. The summed E-state index contributed by atoms with van der Waals surface area (Å²) in [5, 5.41) is 13.3. The summed E-state index contributed by atoms with van der Waals surface area (Å²) in [7, 11) is 0. The van der Waals surface area contributed by atoms with Gasteiger partial charge in [0.25, 0.3) is 0 Å². The first-order valence-corrected chi connectivity index (χ1v) is 6.75. The largest absolute Gasteiger partial charge is 0.393 e. The van der Waals surface area contributed by atoms with Gasteiger partial charge >= 0.3 is 0 Å². The highest BCUT2D eigenvalue weighted by atomic mass is 16.3. The quantitative estimate of drug-likeness (QED) is 0.729. The molecule has 2 nitrogen and oxygen atoms in total. The summed E-state index contributed by atoms with van der Waals surface area (Å²) in [6, 6.07) is 1.53. The van der Waals surface area contributed by atoms with Gasteiger partial charge in [0.2, 0.25) is 0 Å². The standard InChI is InChI=1S/C13H23NO/c15-12-5-3-11(4-6-12)14-13-8-9-1-2-10(13)7-9/h9-15H,1-8H2/t9-,10-,11?,12?,13-/m0/s1. The average Bonchev–Trinajstić information content (AvgIpc) is 2.83. The summed E-state index contributed by atoms with van der Waals surface area (Å²) in [6.45, 7) is 0. The number of aliphatic hydroxyl groups is 1. The third-order valence-corrected chi connectivity index (χ3v) is 4.88. The molecule has 3 fully saturated rings. The van der Waals surface area contributed by atoms with Gasteiger partial charge in [-0.05, 0) is 56.8 Å². The molecule has 0 aromatic carbocycles. The average molecular weight is 209 g/mol. The Morgan fingerprint density at radius 3 is 2.27 bits per heavy atom. The highest BCUT2D eigenvalue weighted by Gasteiger charge is 2.40. The Hall–Kier alpha value is -0.0800. The van der Waals surface area contributed by atoms with Gasteiger partial charge in [-0.3, -0.25) is 0 Å². The van der Waals surface area contributed by atoms with Crippen molar-refractivity contribution >= 4 is 0 Å². The van der Waals surface area contributed by atoms with Crippen molar-refractivity contribution in [2.24, 2.45) is 11.8 Å². The molecule has 0 aromatic rings. The third kappa shape index (κ3) is 2.07. The maximum absolute atomic E-state index is 9.47. The first-order chi connectivity index (χ1) is 7.31. The van der Waals surface area contributed by atoms with Crippen LogP contribution in [0.4, 0.5) is 0 Å². The van der Waals surface area contributed by atoms with E-state index in [2.05, 4.69) is 5.32 Å². The van der Waals surface area contributed by atoms with Gasteiger partial charge in [0.1, 0.15) is 0 Å². The molecule has 0 heterocycles. The van der Waals surface area contributed by atoms with Crippen LogP contribution in [0.1, 0.15) is 51.4 Å². The minimum absolute atomic E-state index is 0.0110. The molecule has 3 atom stereocenters. The van der Waals surface area contributed by atoms with E-state index in [1.807, 2.05) is 0 Å². The topological polar surface area (TPSA) is 32.3 Å². The minimum Gasteiger partial charge on any atom is -0.393 e. The number of aliphatic hydroxyl groups excluding tert-OH is 1. The second kappa shape index (κ2) is 4.06. The van der Waals surface area contributed by atoms with Crippen molar-refractivity contribution in [3.05, 3.63) is 0 Å². The molecule has 0 radical (unpaired) electrons. The molecule has 0 spiro atoms. The van der Waals surface area contributed by atoms with Gasteiger partial charge < -0.3 is 10.4 Å². The fraction of sp³-hybridized carbons (Fsp3) is 1.00. The molecule has 15 heavy (non-hydrogen) atoms. The summed E-state index contributed by atoms with van der Waals surface area (Å²) < 4.78 is 0. The van der Waals surface area contributed by atoms with Crippen molar-refractivity contribution in [1.29, 1.82) is 0 Å². The van der Waals surface area contributed by atoms with E-state index in [1.54, 1.807) is 0 Å². The van der Waals surface area contributed by atoms with Gasteiger partial charge in [-0.1, -0.05) is 6.42 Å². The van der Waals surface area contributed by atoms with E-state index in [0.717, 1.165) is 30.7 Å². The molecule has 3 aliphatic carbocycles. The van der Waals surface area contributed by atoms with Crippen LogP contribution in [-0.2, 0) is 0 Å². The third-order valence-electron chi connectivity index (χ3n) is 4.88. The summed E-state index contributed by atoms with van der Waals surface area (Å²) in [4.78, 5) is 0. The number of nitrogens with one attached hydrogen (secondary N) is 1. The van der Waals surface area contributed by atoms with Crippen molar-refractivity contribution in [1.82, 2.24) is 5.32 Å². The summed E-state index contributed by atoms with van der Waals surface area (Å²) in [6.07, 6.45) is 10.3. The predicted molar refractivity (Wildman–Crippen MR) is 60.6 cm³/mol. The van der Waals surface area contributed by atoms with Crippen LogP contribution in [0, 0.1) is 11.8 Å². The minimum atomic E-state index is -0.0110. The van der Waals surface area contributed by atoms with Crippen molar-refractivity contribution in [3.8, 4) is 0 Å². The Kier molecular flexibility index (Phi) is 2.73. The fourth-order valence-corrected chi connectivity index (χ4v) is 3.99. The van der Waals surface area contributed by atoms with Gasteiger partial charge in [-0.25, -0.2) is 0 Å². The maximum atomic E-state index is 9.47. The number of hydrogen-bond acceptors (Lipinski definition) is 2. The zero-order valence-electron chi connectivity index (χ0n) is 9.49. The highest BCUT2D eigenvalue weighted by molar-refractivity contribution is 4.95. The molecule has 2 heteroatoms. The molecule has 0 aromatic heterocycles. The lowest BCUT2D eigenvalue weighted by atomic mass is 9.89. The van der Waals surface area contributed by atoms with Crippen LogP contribution >= 0.6 is 0 Å². The molecule has 2 N–H and O–H groups in total. The van der Waals surface area contributed by atoms with Crippen LogP contribution in [0.3, 0.4) is 0 Å². The summed E-state index contributed by atoms with van der Waals surface area (Å²) in [5.74, 6) is 2.03. The summed E-state index contributed by atoms with van der Waals surface area (Å²) in [5.41, 5.74) is 0. The Bertz CT molecular complexity index is 223. The lowest BCUT2D eigenvalue weighted by molar-refractivity contribution is 0.111. The van der Waals surface area contributed by atoms with E-state index in [-0.39, 0.29) is 6.10 Å². The van der Waals surface area contributed by atoms with E-state index >= 15 is 0 Å². The van der Waals surface area contributed by atoms with Gasteiger partial charge in [0, 0.05) is 12.1 Å². The molecule has 0 amide bonds. The zero-order chi connectivity index (χ0) is 10.3. The van der Waals surface area contributed by atoms with Gasteiger partial charge in [-0.2, -0.15) is 0 Å². The molecule has 3 aliphatic rings. The van der Waals surface area contributed by atoms with Crippen LogP contribution in [0.2, 0.25) is 0 Å². The molecular formula is C13H23NO. The van der Waals surface area contributed by atoms with E-state index in [0.29, 0.717) is 6.04 Å². The molecule has 0 aliphatic heterocycles. The normalized spacial score (nSPS) is 49.8. The zero-order valence-corrected chi connectivity index (χ0v) is 9.49. The smallest absolute Gasteiger partial charge is 0.0541 e. The first-order valence-electron chi connectivity index (χ1n) is 6.75. The summed E-state index contributed by atoms with van der Waals surface area (Å²) >= 11 is 0. The number of rotatable bonds is 2. The van der Waals surface area contributed by atoms with Gasteiger partial charge in [0.15, 0.2) is 0 Å². The molecule has 0 unspecified atom stereocenters. The van der Waals surface area contributed by atoms with E-state index < -0.39 is 0 Å². The SMILES string of the molecule is OC1CCC(N[C@H]2C[C@H]3CC[C@H]2C3)CC1. The van der Waals surface area contributed by atoms with E-state index in [4.69, 9.17) is 0 Å². The monoisotopic (exact) mass is 209 g/mol. The molecular weight excluding hydrogens is 186 g/mol. The maximum Gasteiger partial charge on any atom is 0.0541 e. The molecule has 3 rings (SSSR count). The van der Waals surface area contributed by atoms with Crippen LogP contribution in [-0.4, -0.2) is 23.3 Å². The van der Waals surface area contributed by atoms with Gasteiger partial charge in [-0.15, -0.1) is 0 Å². The predicted octanol–water partition coefficient (Wildman–Crippen LogP) is 2.07. The first kappa shape index (κ1) is 10.1. The Morgan fingerprint density at radius 1 is 0.867 bits per heavy atom. The van der Waals surface area contributed by atoms with Crippen LogP contribution in [0.5, 0.6) is 0 Å². The van der Waals surface area contributed by atoms with Crippen LogP contribution in [0.25, 0.3) is 0 Å². The second-order valence-electron chi connectivity index (χ2n) is 5.95. The van der Waals surface area contributed by atoms with Crippen molar-refractivity contribution in [2.75, 3.05) is 0 Å². The van der Waals surface area contributed by atoms with Crippen LogP contribution in [0.15, 0.2) is 0 Å². The number of fused-ring (bicyclic) bond motifs is 2. The number of hydrogen-bond donors (Lipinski definition) is 2. The lowest BCUT2D eigenvalue weighted by Gasteiger charge is -2.32. The Morgan fingerprint density at radius 2 is 1.67 bits per heavy atom. The molecule has 0 saturated heterocycles. The lowest BCUT2D eigenvalue weighted by Crippen LogP contribution is -2.43. The highest BCUT2D eigenvalue weighted by Crippen LogP contribution is 2.44. The van der Waals surface area contributed by atoms with Crippen molar-refractivity contribution in [3.63, 3.8) is 0 Å². The van der Waals surface area contributed by atoms with E-state index in [1.165, 1.54) is 38.5 Å². The Labute approximate surface area is 92.4 Å². The molecule has 86 valence electrons.